The Morgan fingerprint density at radius 1 is 1.05 bits per heavy atom. The van der Waals surface area contributed by atoms with Crippen molar-refractivity contribution in [2.45, 2.75) is 83.9 Å². The van der Waals surface area contributed by atoms with Crippen LogP contribution in [0.4, 0.5) is 4.79 Å². The lowest BCUT2D eigenvalue weighted by Crippen LogP contribution is -2.53. The molecule has 0 N–H and O–H groups in total. The number of carbonyl (C=O) groups excluding carboxylic acids is 2. The molecule has 2 aliphatic rings. The van der Waals surface area contributed by atoms with Crippen LogP contribution in [0.2, 0.25) is 0 Å². The molecule has 0 aliphatic carbocycles. The first kappa shape index (κ1) is 17.1. The summed E-state index contributed by atoms with van der Waals surface area (Å²) in [6, 6.07) is 0.00402. The maximum Gasteiger partial charge on any atom is 0.410 e. The highest BCUT2D eigenvalue weighted by Gasteiger charge is 2.40. The van der Waals surface area contributed by atoms with E-state index in [1.54, 1.807) is 4.90 Å². The minimum absolute atomic E-state index is 0.120. The van der Waals surface area contributed by atoms with E-state index < -0.39 is 5.60 Å². The first-order valence-electron chi connectivity index (χ1n) is 8.63. The molecule has 126 valence electrons. The van der Waals surface area contributed by atoms with Crippen LogP contribution in [0, 0.1) is 0 Å². The molecule has 2 fully saturated rings. The summed E-state index contributed by atoms with van der Waals surface area (Å²) in [7, 11) is 0. The summed E-state index contributed by atoms with van der Waals surface area (Å²) >= 11 is 0. The minimum Gasteiger partial charge on any atom is -0.444 e. The highest BCUT2D eigenvalue weighted by atomic mass is 16.6. The molecule has 0 saturated carbocycles. The van der Waals surface area contributed by atoms with Crippen molar-refractivity contribution in [2.75, 3.05) is 13.1 Å². The van der Waals surface area contributed by atoms with Crippen LogP contribution in [0.3, 0.4) is 0 Å². The van der Waals surface area contributed by atoms with E-state index in [2.05, 4.69) is 6.92 Å². The number of hydrogen-bond donors (Lipinski definition) is 0. The van der Waals surface area contributed by atoms with Crippen molar-refractivity contribution >= 4 is 12.0 Å². The molecule has 22 heavy (non-hydrogen) atoms. The number of nitrogens with zero attached hydrogens (tertiary/aromatic N) is 2. The van der Waals surface area contributed by atoms with Crippen LogP contribution in [0.15, 0.2) is 0 Å². The minimum atomic E-state index is -0.523. The second-order valence-corrected chi connectivity index (χ2v) is 7.42. The van der Waals surface area contributed by atoms with Gasteiger partial charge in [0.2, 0.25) is 5.91 Å². The van der Waals surface area contributed by atoms with Crippen LogP contribution in [-0.2, 0) is 9.53 Å². The van der Waals surface area contributed by atoms with Crippen molar-refractivity contribution in [3.63, 3.8) is 0 Å². The van der Waals surface area contributed by atoms with E-state index in [4.69, 9.17) is 4.74 Å². The molecule has 0 radical (unpaired) electrons. The maximum absolute atomic E-state index is 12.9. The quantitative estimate of drug-likeness (QED) is 0.787. The van der Waals surface area contributed by atoms with Gasteiger partial charge < -0.3 is 9.64 Å². The lowest BCUT2D eigenvalue weighted by atomic mass is 9.98. The van der Waals surface area contributed by atoms with Crippen molar-refractivity contribution < 1.29 is 14.3 Å². The van der Waals surface area contributed by atoms with Crippen LogP contribution < -0.4 is 0 Å². The van der Waals surface area contributed by atoms with Crippen LogP contribution >= 0.6 is 0 Å². The number of hydrogen-bond acceptors (Lipinski definition) is 3. The summed E-state index contributed by atoms with van der Waals surface area (Å²) in [5.41, 5.74) is -0.523. The molecule has 0 bridgehead atoms. The third kappa shape index (κ3) is 3.93. The third-order valence-electron chi connectivity index (χ3n) is 4.55. The summed E-state index contributed by atoms with van der Waals surface area (Å²) in [5, 5.41) is 0. The fourth-order valence-electron chi connectivity index (χ4n) is 3.47. The Labute approximate surface area is 134 Å². The van der Waals surface area contributed by atoms with E-state index >= 15 is 0 Å². The van der Waals surface area contributed by atoms with Crippen molar-refractivity contribution in [1.82, 2.24) is 9.80 Å². The maximum atomic E-state index is 12.9. The molecule has 5 heteroatoms. The largest absolute Gasteiger partial charge is 0.444 e. The molecule has 2 atom stereocenters. The summed E-state index contributed by atoms with van der Waals surface area (Å²) in [6.07, 6.45) is 5.62. The van der Waals surface area contributed by atoms with Gasteiger partial charge in [0.1, 0.15) is 11.6 Å². The smallest absolute Gasteiger partial charge is 0.410 e. The normalized spacial score (nSPS) is 26.2. The number of amides is 2. The molecular weight excluding hydrogens is 280 g/mol. The number of ether oxygens (including phenoxy) is 1. The Hall–Kier alpha value is -1.26. The number of carbonyl (C=O) groups is 2. The second kappa shape index (κ2) is 6.88. The molecule has 2 unspecified atom stereocenters. The van der Waals surface area contributed by atoms with Gasteiger partial charge in [0, 0.05) is 19.1 Å². The first-order chi connectivity index (χ1) is 10.3. The fraction of sp³-hybridized carbons (Fsp3) is 0.882. The fourth-order valence-corrected chi connectivity index (χ4v) is 3.47. The van der Waals surface area contributed by atoms with Gasteiger partial charge in [-0.15, -0.1) is 0 Å². The van der Waals surface area contributed by atoms with Gasteiger partial charge in [-0.05, 0) is 59.3 Å². The number of piperidine rings is 1. The van der Waals surface area contributed by atoms with Crippen molar-refractivity contribution in [3.05, 3.63) is 0 Å². The summed E-state index contributed by atoms with van der Waals surface area (Å²) in [4.78, 5) is 28.9. The Kier molecular flexibility index (Phi) is 5.35. The van der Waals surface area contributed by atoms with Gasteiger partial charge in [0.05, 0.1) is 0 Å². The van der Waals surface area contributed by atoms with Crippen LogP contribution in [0.5, 0.6) is 0 Å². The van der Waals surface area contributed by atoms with Gasteiger partial charge in [-0.1, -0.05) is 6.92 Å². The molecule has 0 aromatic carbocycles. The van der Waals surface area contributed by atoms with Gasteiger partial charge in [0.15, 0.2) is 0 Å². The van der Waals surface area contributed by atoms with Crippen molar-refractivity contribution in [3.8, 4) is 0 Å². The lowest BCUT2D eigenvalue weighted by molar-refractivity contribution is -0.139. The topological polar surface area (TPSA) is 49.9 Å². The number of likely N-dealkylation sites (tertiary alicyclic amines) is 2. The summed E-state index contributed by atoms with van der Waals surface area (Å²) in [5.74, 6) is 0.120. The summed E-state index contributed by atoms with van der Waals surface area (Å²) < 4.78 is 5.46. The molecule has 0 spiro atoms. The Bertz CT molecular complexity index is 417. The van der Waals surface area contributed by atoms with Crippen molar-refractivity contribution in [2.24, 2.45) is 0 Å². The molecule has 2 heterocycles. The highest BCUT2D eigenvalue weighted by molar-refractivity contribution is 5.86. The average Bonchev–Trinajstić information content (AvgIpc) is 2.94. The van der Waals surface area contributed by atoms with Gasteiger partial charge in [0.25, 0.3) is 0 Å². The highest BCUT2D eigenvalue weighted by Crippen LogP contribution is 2.26. The second-order valence-electron chi connectivity index (χ2n) is 7.42. The zero-order valence-electron chi connectivity index (χ0n) is 14.4. The first-order valence-corrected chi connectivity index (χ1v) is 8.63. The third-order valence-corrected chi connectivity index (χ3v) is 4.55. The zero-order chi connectivity index (χ0) is 16.3. The van der Waals surface area contributed by atoms with E-state index in [1.807, 2.05) is 25.7 Å². The van der Waals surface area contributed by atoms with E-state index in [9.17, 15) is 9.59 Å². The van der Waals surface area contributed by atoms with E-state index in [-0.39, 0.29) is 18.0 Å². The van der Waals surface area contributed by atoms with E-state index in [1.165, 1.54) is 6.42 Å². The van der Waals surface area contributed by atoms with Crippen LogP contribution in [0.25, 0.3) is 0 Å². The Morgan fingerprint density at radius 3 is 2.36 bits per heavy atom. The predicted octanol–water partition coefficient (Wildman–Crippen LogP) is 3.18. The molecule has 2 saturated heterocycles. The molecule has 2 amide bonds. The molecule has 0 aromatic heterocycles. The van der Waals surface area contributed by atoms with E-state index in [0.29, 0.717) is 12.6 Å². The van der Waals surface area contributed by atoms with Gasteiger partial charge in [-0.2, -0.15) is 0 Å². The van der Waals surface area contributed by atoms with Gasteiger partial charge in [-0.25, -0.2) is 4.79 Å². The van der Waals surface area contributed by atoms with Gasteiger partial charge >= 0.3 is 6.09 Å². The van der Waals surface area contributed by atoms with Crippen molar-refractivity contribution in [1.29, 1.82) is 0 Å². The molecular formula is C17H30N2O3. The predicted molar refractivity (Wildman–Crippen MR) is 85.6 cm³/mol. The Morgan fingerprint density at radius 2 is 1.73 bits per heavy atom. The molecule has 2 aliphatic heterocycles. The monoisotopic (exact) mass is 310 g/mol. The van der Waals surface area contributed by atoms with Crippen LogP contribution in [0.1, 0.15) is 66.2 Å². The summed E-state index contributed by atoms with van der Waals surface area (Å²) in [6.45, 7) is 9.16. The Balaban J connectivity index is 2.06. The molecule has 2 rings (SSSR count). The zero-order valence-corrected chi connectivity index (χ0v) is 14.4. The van der Waals surface area contributed by atoms with Crippen LogP contribution in [-0.4, -0.2) is 52.6 Å². The molecule has 0 aromatic rings. The van der Waals surface area contributed by atoms with E-state index in [0.717, 1.165) is 38.6 Å². The SMILES string of the molecule is CCC1CCCCN1C(=O)C1CCCN1C(=O)OC(C)(C)C. The average molecular weight is 310 g/mol. The lowest BCUT2D eigenvalue weighted by Gasteiger charge is -2.38. The number of rotatable bonds is 2. The standard InChI is InChI=1S/C17H30N2O3/c1-5-13-9-6-7-11-18(13)15(20)14-10-8-12-19(14)16(21)22-17(2,3)4/h13-14H,5-12H2,1-4H3. The molecule has 5 nitrogen and oxygen atoms in total. The van der Waals surface area contributed by atoms with Gasteiger partial charge in [-0.3, -0.25) is 9.69 Å².